The van der Waals surface area contributed by atoms with Gasteiger partial charge in [0.25, 0.3) is 6.71 Å². The summed E-state index contributed by atoms with van der Waals surface area (Å²) in [5, 5.41) is 0. The van der Waals surface area contributed by atoms with Crippen LogP contribution in [0, 0.1) is 0 Å². The van der Waals surface area contributed by atoms with Crippen LogP contribution in [0.25, 0.3) is 22.3 Å². The smallest absolute Gasteiger partial charge is 0.252 e. The largest absolute Gasteiger partial charge is 0.335 e. The van der Waals surface area contributed by atoms with Crippen LogP contribution in [0.4, 0.5) is 22.7 Å². The Kier molecular flexibility index (Phi) is 5.43. The fourth-order valence-electron chi connectivity index (χ4n) is 12.2. The first-order valence-electron chi connectivity index (χ1n) is 19.0. The van der Waals surface area contributed by atoms with Gasteiger partial charge in [-0.1, -0.05) is 118 Å². The van der Waals surface area contributed by atoms with Gasteiger partial charge in [-0.3, -0.25) is 0 Å². The molecule has 2 fully saturated rings. The standard InChI is InChI=1S/C46H45BN2/c1-43-22-11-13-24-45(43,3)48-38-20-15-21-39-40(38)47(36-28-32(26-34(43)41(36)48)30-16-7-5-8-17-30)37-29-33(31-18-9-6-10-19-31)27-35-42(37)49(39)46(4)25-14-12-23-44(35,46)2/h5-10,15-21,26-29H,11-14,22-25H2,1-4H3. The minimum Gasteiger partial charge on any atom is -0.335 e. The summed E-state index contributed by atoms with van der Waals surface area (Å²) in [6, 6.07) is 40.2. The van der Waals surface area contributed by atoms with Crippen molar-refractivity contribution >= 4 is 45.9 Å². The summed E-state index contributed by atoms with van der Waals surface area (Å²) in [5.74, 6) is 0. The maximum Gasteiger partial charge on any atom is 0.252 e. The Bertz CT molecular complexity index is 2070. The van der Waals surface area contributed by atoms with Crippen molar-refractivity contribution in [3.05, 3.63) is 114 Å². The van der Waals surface area contributed by atoms with Crippen LogP contribution in [0.5, 0.6) is 0 Å². The van der Waals surface area contributed by atoms with Crippen LogP contribution in [-0.4, -0.2) is 17.8 Å². The van der Waals surface area contributed by atoms with Crippen LogP contribution in [0.2, 0.25) is 0 Å². The Labute approximate surface area is 292 Å². The first-order chi connectivity index (χ1) is 23.8. The summed E-state index contributed by atoms with van der Waals surface area (Å²) < 4.78 is 0. The maximum absolute atomic E-state index is 2.88. The lowest BCUT2D eigenvalue weighted by molar-refractivity contribution is 0.194. The fraction of sp³-hybridized carbons (Fsp3) is 0.348. The lowest BCUT2D eigenvalue weighted by atomic mass is 9.33. The molecule has 4 atom stereocenters. The van der Waals surface area contributed by atoms with E-state index >= 15 is 0 Å². The molecule has 2 nitrogen and oxygen atoms in total. The molecule has 2 saturated carbocycles. The van der Waals surface area contributed by atoms with Gasteiger partial charge < -0.3 is 9.80 Å². The Morgan fingerprint density at radius 2 is 0.898 bits per heavy atom. The third-order valence-electron chi connectivity index (χ3n) is 15.1. The molecule has 4 unspecified atom stereocenters. The van der Waals surface area contributed by atoms with Crippen molar-refractivity contribution in [3.63, 3.8) is 0 Å². The molecule has 0 bridgehead atoms. The highest BCUT2D eigenvalue weighted by Gasteiger charge is 2.64. The van der Waals surface area contributed by atoms with Gasteiger partial charge in [0, 0.05) is 33.6 Å². The molecular weight excluding hydrogens is 591 g/mol. The summed E-state index contributed by atoms with van der Waals surface area (Å²) in [6.07, 6.45) is 10.1. The zero-order valence-corrected chi connectivity index (χ0v) is 29.4. The molecule has 0 amide bonds. The number of rotatable bonds is 2. The van der Waals surface area contributed by atoms with Crippen molar-refractivity contribution < 1.29 is 0 Å². The molecule has 3 heteroatoms. The molecule has 6 aliphatic rings. The number of fused-ring (bicyclic) bond motifs is 10. The Balaban J connectivity index is 1.29. The Hall–Kier alpha value is -4.24. The fourth-order valence-corrected chi connectivity index (χ4v) is 12.2. The molecular formula is C46H45BN2. The highest BCUT2D eigenvalue weighted by atomic mass is 15.3. The van der Waals surface area contributed by atoms with Crippen molar-refractivity contribution in [2.24, 2.45) is 0 Å². The summed E-state index contributed by atoms with van der Waals surface area (Å²) >= 11 is 0. The third-order valence-corrected chi connectivity index (χ3v) is 15.1. The van der Waals surface area contributed by atoms with Crippen LogP contribution < -0.4 is 26.2 Å². The highest BCUT2D eigenvalue weighted by Crippen LogP contribution is 2.65. The van der Waals surface area contributed by atoms with E-state index in [1.807, 2.05) is 0 Å². The van der Waals surface area contributed by atoms with E-state index in [0.717, 1.165) is 0 Å². The van der Waals surface area contributed by atoms with E-state index in [1.165, 1.54) is 107 Å². The molecule has 2 aliphatic carbocycles. The SMILES string of the molecule is CC12CCCCC1(C)N1c3cccc4c3B(c3cc(-c5ccccc5)cc2c31)c1cc(-c2ccccc2)cc2c1N4C1(C)CCCCC21C. The van der Waals surface area contributed by atoms with Crippen molar-refractivity contribution in [2.45, 2.75) is 101 Å². The van der Waals surface area contributed by atoms with Gasteiger partial charge in [0.05, 0.1) is 11.1 Å². The number of benzene rings is 5. The molecule has 11 rings (SSSR count). The minimum absolute atomic E-state index is 0.0311. The average molecular weight is 637 g/mol. The van der Waals surface area contributed by atoms with E-state index < -0.39 is 0 Å². The van der Waals surface area contributed by atoms with Gasteiger partial charge in [0.2, 0.25) is 0 Å². The predicted octanol–water partition coefficient (Wildman–Crippen LogP) is 9.65. The first-order valence-corrected chi connectivity index (χ1v) is 19.0. The van der Waals surface area contributed by atoms with Gasteiger partial charge in [-0.15, -0.1) is 0 Å². The van der Waals surface area contributed by atoms with E-state index in [2.05, 4.69) is 141 Å². The van der Waals surface area contributed by atoms with E-state index in [0.29, 0.717) is 0 Å². The second-order valence-corrected chi connectivity index (χ2v) is 17.1. The number of hydrogen-bond acceptors (Lipinski definition) is 2. The van der Waals surface area contributed by atoms with Gasteiger partial charge >= 0.3 is 0 Å². The second kappa shape index (κ2) is 9.30. The van der Waals surface area contributed by atoms with Crippen LogP contribution >= 0.6 is 0 Å². The van der Waals surface area contributed by atoms with Crippen LogP contribution in [-0.2, 0) is 10.8 Å². The van der Waals surface area contributed by atoms with Crippen LogP contribution in [0.15, 0.2) is 103 Å². The van der Waals surface area contributed by atoms with E-state index in [-0.39, 0.29) is 28.6 Å². The molecule has 4 aliphatic heterocycles. The zero-order valence-electron chi connectivity index (χ0n) is 29.4. The average Bonchev–Trinajstić information content (AvgIpc) is 3.48. The van der Waals surface area contributed by atoms with E-state index in [9.17, 15) is 0 Å². The maximum atomic E-state index is 2.88. The summed E-state index contributed by atoms with van der Waals surface area (Å²) in [5.41, 5.74) is 19.3. The minimum atomic E-state index is 0.0311. The molecule has 0 N–H and O–H groups in total. The van der Waals surface area contributed by atoms with E-state index in [1.54, 1.807) is 16.6 Å². The number of hydrogen-bond donors (Lipinski definition) is 0. The topological polar surface area (TPSA) is 6.48 Å². The predicted molar refractivity (Wildman–Crippen MR) is 208 cm³/mol. The zero-order chi connectivity index (χ0) is 32.9. The molecule has 4 heterocycles. The normalized spacial score (nSPS) is 29.6. The van der Waals surface area contributed by atoms with Gasteiger partial charge in [-0.05, 0) is 114 Å². The Morgan fingerprint density at radius 3 is 1.35 bits per heavy atom. The number of nitrogens with zero attached hydrogens (tertiary/aromatic N) is 2. The van der Waals surface area contributed by atoms with Crippen molar-refractivity contribution in [3.8, 4) is 22.3 Å². The van der Waals surface area contributed by atoms with Gasteiger partial charge in [-0.25, -0.2) is 0 Å². The van der Waals surface area contributed by atoms with Crippen molar-refractivity contribution in [1.29, 1.82) is 0 Å². The highest BCUT2D eigenvalue weighted by molar-refractivity contribution is 7.00. The van der Waals surface area contributed by atoms with Crippen molar-refractivity contribution in [2.75, 3.05) is 9.80 Å². The lowest BCUT2D eigenvalue weighted by Gasteiger charge is -2.54. The summed E-state index contributed by atoms with van der Waals surface area (Å²) in [6.45, 7) is 10.6. The summed E-state index contributed by atoms with van der Waals surface area (Å²) in [4.78, 5) is 5.76. The van der Waals surface area contributed by atoms with Crippen LogP contribution in [0.1, 0.15) is 90.2 Å². The molecule has 5 aromatic carbocycles. The summed E-state index contributed by atoms with van der Waals surface area (Å²) in [7, 11) is 0. The molecule has 0 saturated heterocycles. The number of anilines is 4. The Morgan fingerprint density at radius 1 is 0.469 bits per heavy atom. The van der Waals surface area contributed by atoms with Crippen molar-refractivity contribution in [1.82, 2.24) is 0 Å². The molecule has 5 aromatic rings. The quantitative estimate of drug-likeness (QED) is 0.178. The van der Waals surface area contributed by atoms with Gasteiger partial charge in [0.1, 0.15) is 0 Å². The van der Waals surface area contributed by atoms with E-state index in [4.69, 9.17) is 0 Å². The molecule has 49 heavy (non-hydrogen) atoms. The van der Waals surface area contributed by atoms with Crippen LogP contribution in [0.3, 0.4) is 0 Å². The first kappa shape index (κ1) is 28.6. The monoisotopic (exact) mass is 636 g/mol. The molecule has 0 aromatic heterocycles. The van der Waals surface area contributed by atoms with Gasteiger partial charge in [-0.2, -0.15) is 0 Å². The lowest BCUT2D eigenvalue weighted by Crippen LogP contribution is -2.66. The third kappa shape index (κ3) is 3.23. The second-order valence-electron chi connectivity index (χ2n) is 17.1. The molecule has 0 spiro atoms. The van der Waals surface area contributed by atoms with Gasteiger partial charge in [0.15, 0.2) is 0 Å². The molecule has 0 radical (unpaired) electrons. The molecule has 242 valence electrons.